The molecular weight excluding hydrogens is 351 g/mol. The van der Waals surface area contributed by atoms with Crippen LogP contribution in [0.1, 0.15) is 0 Å². The highest BCUT2D eigenvalue weighted by Gasteiger charge is 2.14. The van der Waals surface area contributed by atoms with Gasteiger partial charge in [0.1, 0.15) is 17.2 Å². The average Bonchev–Trinajstić information content (AvgIpc) is 2.68. The molecule has 4 aromatic rings. The Balaban J connectivity index is 1.95. The first kappa shape index (κ1) is 16.4. The molecule has 26 heavy (non-hydrogen) atoms. The van der Waals surface area contributed by atoms with E-state index in [4.69, 9.17) is 11.6 Å². The van der Waals surface area contributed by atoms with Gasteiger partial charge in [-0.2, -0.15) is 0 Å². The number of anilines is 1. The van der Waals surface area contributed by atoms with E-state index in [-0.39, 0.29) is 5.52 Å². The molecule has 2 aromatic carbocycles. The van der Waals surface area contributed by atoms with Crippen LogP contribution >= 0.6 is 11.6 Å². The highest BCUT2D eigenvalue weighted by atomic mass is 35.5. The van der Waals surface area contributed by atoms with Gasteiger partial charge in [0.2, 0.25) is 0 Å². The molecule has 2 heterocycles. The fourth-order valence-corrected chi connectivity index (χ4v) is 3.03. The van der Waals surface area contributed by atoms with Gasteiger partial charge in [-0.05, 0) is 47.5 Å². The molecule has 2 aromatic heterocycles. The van der Waals surface area contributed by atoms with Gasteiger partial charge < -0.3 is 5.32 Å². The van der Waals surface area contributed by atoms with Crippen molar-refractivity contribution in [3.8, 4) is 22.5 Å². The van der Waals surface area contributed by atoms with E-state index < -0.39 is 5.82 Å². The monoisotopic (exact) mass is 364 g/mol. The van der Waals surface area contributed by atoms with Crippen LogP contribution in [-0.4, -0.2) is 22.0 Å². The van der Waals surface area contributed by atoms with Crippen molar-refractivity contribution in [1.82, 2.24) is 15.0 Å². The fraction of sp³-hybridized carbons (Fsp3) is 0.0500. The molecule has 0 unspecified atom stereocenters. The molecule has 128 valence electrons. The van der Waals surface area contributed by atoms with E-state index in [9.17, 15) is 4.39 Å². The number of halogens is 2. The Bertz CT molecular complexity index is 1100. The Hall–Kier alpha value is -3.05. The number of hydrogen-bond acceptors (Lipinski definition) is 4. The highest BCUT2D eigenvalue weighted by molar-refractivity contribution is 6.30. The Kier molecular flexibility index (Phi) is 4.22. The van der Waals surface area contributed by atoms with E-state index in [1.54, 1.807) is 37.6 Å². The van der Waals surface area contributed by atoms with Crippen LogP contribution in [0.4, 0.5) is 10.2 Å². The molecule has 0 aliphatic rings. The zero-order chi connectivity index (χ0) is 18.1. The summed E-state index contributed by atoms with van der Waals surface area (Å²) in [4.78, 5) is 13.0. The summed E-state index contributed by atoms with van der Waals surface area (Å²) in [5.74, 6) is 0.558. The molecule has 0 saturated heterocycles. The third-order valence-electron chi connectivity index (χ3n) is 4.07. The van der Waals surface area contributed by atoms with Crippen LogP contribution in [0.5, 0.6) is 0 Å². The number of hydrogen-bond donors (Lipinski definition) is 1. The van der Waals surface area contributed by atoms with Gasteiger partial charge in [0.05, 0.1) is 0 Å². The van der Waals surface area contributed by atoms with Crippen molar-refractivity contribution < 1.29 is 4.39 Å². The van der Waals surface area contributed by atoms with Crippen LogP contribution in [0.2, 0.25) is 5.02 Å². The number of fused-ring (bicyclic) bond motifs is 1. The standard InChI is InChI=1S/C20H14ClFN4/c1-23-20-16-9-14(12-4-2-6-15(21)8-12)10-17(22)18(16)25-19(26-20)13-5-3-7-24-11-13/h2-11H,1H3,(H,23,25,26). The molecule has 0 atom stereocenters. The molecular formula is C20H14ClFN4. The number of aromatic nitrogens is 3. The molecule has 4 rings (SSSR count). The maximum Gasteiger partial charge on any atom is 0.163 e. The summed E-state index contributed by atoms with van der Waals surface area (Å²) < 4.78 is 14.9. The summed E-state index contributed by atoms with van der Waals surface area (Å²) in [5, 5.41) is 4.24. The zero-order valence-electron chi connectivity index (χ0n) is 13.9. The van der Waals surface area contributed by atoms with Crippen LogP contribution in [0.3, 0.4) is 0 Å². The predicted octanol–water partition coefficient (Wildman–Crippen LogP) is 5.19. The molecule has 0 fully saturated rings. The van der Waals surface area contributed by atoms with Crippen molar-refractivity contribution in [2.45, 2.75) is 0 Å². The second-order valence-electron chi connectivity index (χ2n) is 5.75. The third kappa shape index (κ3) is 2.97. The SMILES string of the molecule is CNc1nc(-c2cccnc2)nc2c(F)cc(-c3cccc(Cl)c3)cc12. The largest absolute Gasteiger partial charge is 0.373 e. The van der Waals surface area contributed by atoms with Crippen LogP contribution < -0.4 is 5.32 Å². The maximum absolute atomic E-state index is 14.9. The van der Waals surface area contributed by atoms with Gasteiger partial charge in [0, 0.05) is 35.4 Å². The lowest BCUT2D eigenvalue weighted by molar-refractivity contribution is 0.637. The van der Waals surface area contributed by atoms with Gasteiger partial charge in [-0.25, -0.2) is 14.4 Å². The molecule has 0 aliphatic carbocycles. The summed E-state index contributed by atoms with van der Waals surface area (Å²) in [6.07, 6.45) is 3.32. The summed E-state index contributed by atoms with van der Waals surface area (Å²) in [7, 11) is 1.75. The topological polar surface area (TPSA) is 50.7 Å². The summed E-state index contributed by atoms with van der Waals surface area (Å²) in [6.45, 7) is 0. The minimum atomic E-state index is -0.415. The second-order valence-corrected chi connectivity index (χ2v) is 6.19. The minimum Gasteiger partial charge on any atom is -0.373 e. The number of nitrogens with zero attached hydrogens (tertiary/aromatic N) is 3. The molecule has 6 heteroatoms. The highest BCUT2D eigenvalue weighted by Crippen LogP contribution is 2.32. The molecule has 0 aliphatic heterocycles. The first-order valence-corrected chi connectivity index (χ1v) is 8.39. The third-order valence-corrected chi connectivity index (χ3v) is 4.30. The van der Waals surface area contributed by atoms with Crippen molar-refractivity contribution >= 4 is 28.3 Å². The lowest BCUT2D eigenvalue weighted by Crippen LogP contribution is -2.00. The normalized spacial score (nSPS) is 10.9. The van der Waals surface area contributed by atoms with Gasteiger partial charge >= 0.3 is 0 Å². The van der Waals surface area contributed by atoms with Crippen LogP contribution in [-0.2, 0) is 0 Å². The quantitative estimate of drug-likeness (QED) is 0.543. The van der Waals surface area contributed by atoms with Crippen molar-refractivity contribution in [3.05, 3.63) is 71.8 Å². The fourth-order valence-electron chi connectivity index (χ4n) is 2.84. The molecule has 0 spiro atoms. The van der Waals surface area contributed by atoms with Gasteiger partial charge in [-0.15, -0.1) is 0 Å². The van der Waals surface area contributed by atoms with Crippen molar-refractivity contribution in [3.63, 3.8) is 0 Å². The lowest BCUT2D eigenvalue weighted by atomic mass is 10.0. The van der Waals surface area contributed by atoms with E-state index in [2.05, 4.69) is 20.3 Å². The number of benzene rings is 2. The van der Waals surface area contributed by atoms with E-state index >= 15 is 0 Å². The zero-order valence-corrected chi connectivity index (χ0v) is 14.6. The average molecular weight is 365 g/mol. The maximum atomic E-state index is 14.9. The smallest absolute Gasteiger partial charge is 0.163 e. The van der Waals surface area contributed by atoms with Gasteiger partial charge in [0.25, 0.3) is 0 Å². The lowest BCUT2D eigenvalue weighted by Gasteiger charge is -2.11. The summed E-state index contributed by atoms with van der Waals surface area (Å²) >= 11 is 6.06. The molecule has 1 N–H and O–H groups in total. The molecule has 0 bridgehead atoms. The van der Waals surface area contributed by atoms with Crippen molar-refractivity contribution in [1.29, 1.82) is 0 Å². The number of rotatable bonds is 3. The second kappa shape index (κ2) is 6.69. The van der Waals surface area contributed by atoms with Gasteiger partial charge in [-0.1, -0.05) is 23.7 Å². The predicted molar refractivity (Wildman–Crippen MR) is 103 cm³/mol. The summed E-state index contributed by atoms with van der Waals surface area (Å²) in [5.41, 5.74) is 2.53. The van der Waals surface area contributed by atoms with Gasteiger partial charge in [-0.3, -0.25) is 4.98 Å². The van der Waals surface area contributed by atoms with Crippen molar-refractivity contribution in [2.24, 2.45) is 0 Å². The van der Waals surface area contributed by atoms with E-state index in [0.717, 1.165) is 11.1 Å². The summed E-state index contributed by atoms with van der Waals surface area (Å²) in [6, 6.07) is 14.3. The van der Waals surface area contributed by atoms with E-state index in [0.29, 0.717) is 27.6 Å². The van der Waals surface area contributed by atoms with E-state index in [1.165, 1.54) is 6.07 Å². The Morgan fingerprint density at radius 2 is 1.81 bits per heavy atom. The van der Waals surface area contributed by atoms with E-state index in [1.807, 2.05) is 24.3 Å². The first-order chi connectivity index (χ1) is 12.7. The Labute approximate surface area is 154 Å². The molecule has 0 saturated carbocycles. The Morgan fingerprint density at radius 3 is 2.54 bits per heavy atom. The van der Waals surface area contributed by atoms with Gasteiger partial charge in [0.15, 0.2) is 5.82 Å². The number of nitrogens with one attached hydrogen (secondary N) is 1. The Morgan fingerprint density at radius 1 is 0.962 bits per heavy atom. The molecule has 0 amide bonds. The number of pyridine rings is 1. The minimum absolute atomic E-state index is 0.258. The van der Waals surface area contributed by atoms with Crippen LogP contribution in [0, 0.1) is 5.82 Å². The van der Waals surface area contributed by atoms with Crippen LogP contribution in [0.25, 0.3) is 33.4 Å². The molecule has 0 radical (unpaired) electrons. The first-order valence-electron chi connectivity index (χ1n) is 8.01. The molecule has 4 nitrogen and oxygen atoms in total. The van der Waals surface area contributed by atoms with Crippen LogP contribution in [0.15, 0.2) is 60.9 Å². The van der Waals surface area contributed by atoms with Crippen molar-refractivity contribution in [2.75, 3.05) is 12.4 Å².